The zero-order valence-corrected chi connectivity index (χ0v) is 13.6. The summed E-state index contributed by atoms with van der Waals surface area (Å²) in [6, 6.07) is 8.03. The molecule has 0 fully saturated rings. The molecule has 110 valence electrons. The summed E-state index contributed by atoms with van der Waals surface area (Å²) in [5.74, 6) is 1.41. The van der Waals surface area contributed by atoms with Crippen LogP contribution in [-0.4, -0.2) is 21.6 Å². The number of alkyl halides is 1. The number of imidazole rings is 1. The fourth-order valence-corrected chi connectivity index (χ4v) is 3.33. The fourth-order valence-electron chi connectivity index (χ4n) is 2.41. The summed E-state index contributed by atoms with van der Waals surface area (Å²) in [5, 5.41) is 1.88. The molecule has 0 aliphatic carbocycles. The summed E-state index contributed by atoms with van der Waals surface area (Å²) in [6.07, 6.45) is 0. The summed E-state index contributed by atoms with van der Waals surface area (Å²) in [4.78, 5) is 10.4. The van der Waals surface area contributed by atoms with Crippen LogP contribution in [0.3, 0.4) is 0 Å². The molecule has 0 N–H and O–H groups in total. The summed E-state index contributed by atoms with van der Waals surface area (Å²) in [5.41, 5.74) is 1.64. The van der Waals surface area contributed by atoms with E-state index in [2.05, 4.69) is 32.9 Å². The highest BCUT2D eigenvalue weighted by molar-refractivity contribution is 7.10. The second-order valence-corrected chi connectivity index (χ2v) is 6.48. The van der Waals surface area contributed by atoms with Crippen molar-refractivity contribution < 1.29 is 4.74 Å². The molecule has 0 bridgehead atoms. The smallest absolute Gasteiger partial charge is 0.215 e. The van der Waals surface area contributed by atoms with Crippen molar-refractivity contribution in [3.05, 3.63) is 40.3 Å². The van der Waals surface area contributed by atoms with Crippen LogP contribution in [0.1, 0.15) is 36.0 Å². The Morgan fingerprint density at radius 2 is 2.05 bits per heavy atom. The minimum Gasteiger partial charge on any atom is -0.481 e. The van der Waals surface area contributed by atoms with E-state index in [0.717, 1.165) is 17.0 Å². The molecule has 0 spiro atoms. The van der Waals surface area contributed by atoms with Gasteiger partial charge in [-0.25, -0.2) is 4.98 Å². The first kappa shape index (κ1) is 14.4. The predicted molar refractivity (Wildman–Crippen MR) is 86.5 cm³/mol. The first-order valence-electron chi connectivity index (χ1n) is 6.72. The van der Waals surface area contributed by atoms with Gasteiger partial charge in [0, 0.05) is 10.9 Å². The van der Waals surface area contributed by atoms with Crippen LogP contribution in [0.15, 0.2) is 29.6 Å². The summed E-state index contributed by atoms with van der Waals surface area (Å²) < 4.78 is 7.33. The van der Waals surface area contributed by atoms with Crippen LogP contribution in [0.5, 0.6) is 5.88 Å². The normalized spacial score (nSPS) is 14.3. The molecular weight excluding hydrogens is 306 g/mol. The van der Waals surface area contributed by atoms with E-state index in [9.17, 15) is 0 Å². The van der Waals surface area contributed by atoms with Crippen molar-refractivity contribution in [3.8, 4) is 5.88 Å². The van der Waals surface area contributed by atoms with Crippen LogP contribution < -0.4 is 4.74 Å². The molecule has 3 aromatic rings. The van der Waals surface area contributed by atoms with E-state index in [1.807, 2.05) is 25.1 Å². The molecule has 21 heavy (non-hydrogen) atoms. The lowest BCUT2D eigenvalue weighted by Gasteiger charge is -2.17. The molecule has 2 unspecified atom stereocenters. The molecule has 0 aliphatic rings. The number of halogens is 1. The van der Waals surface area contributed by atoms with Gasteiger partial charge in [-0.1, -0.05) is 6.07 Å². The third kappa shape index (κ3) is 2.51. The van der Waals surface area contributed by atoms with E-state index in [-0.39, 0.29) is 11.4 Å². The van der Waals surface area contributed by atoms with Gasteiger partial charge < -0.3 is 9.30 Å². The van der Waals surface area contributed by atoms with Gasteiger partial charge in [-0.3, -0.25) is 0 Å². The lowest BCUT2D eigenvalue weighted by atomic mass is 10.2. The lowest BCUT2D eigenvalue weighted by molar-refractivity contribution is 0.398. The van der Waals surface area contributed by atoms with Crippen molar-refractivity contribution in [2.45, 2.75) is 25.3 Å². The van der Waals surface area contributed by atoms with Gasteiger partial charge in [0.25, 0.3) is 0 Å². The minimum atomic E-state index is -0.187. The molecule has 0 saturated carbocycles. The zero-order valence-electron chi connectivity index (χ0n) is 12.1. The predicted octanol–water partition coefficient (Wildman–Crippen LogP) is 4.41. The Morgan fingerprint density at radius 3 is 2.67 bits per heavy atom. The average molecular weight is 322 g/mol. The lowest BCUT2D eigenvalue weighted by Crippen LogP contribution is -2.11. The van der Waals surface area contributed by atoms with Crippen LogP contribution in [0.2, 0.25) is 0 Å². The van der Waals surface area contributed by atoms with Crippen LogP contribution in [0, 0.1) is 0 Å². The largest absolute Gasteiger partial charge is 0.481 e. The molecule has 0 radical (unpaired) electrons. The Bertz CT molecular complexity index is 752. The van der Waals surface area contributed by atoms with Gasteiger partial charge in [-0.05, 0) is 31.4 Å². The highest BCUT2D eigenvalue weighted by Gasteiger charge is 2.22. The summed E-state index contributed by atoms with van der Waals surface area (Å²) in [6.45, 7) is 4.06. The van der Waals surface area contributed by atoms with Gasteiger partial charge >= 0.3 is 0 Å². The Kier molecular flexibility index (Phi) is 3.87. The first-order chi connectivity index (χ1) is 10.1. The van der Waals surface area contributed by atoms with Crippen molar-refractivity contribution >= 4 is 34.1 Å². The number of hydrogen-bond acceptors (Lipinski definition) is 4. The molecule has 0 aromatic carbocycles. The van der Waals surface area contributed by atoms with E-state index in [0.29, 0.717) is 5.88 Å². The van der Waals surface area contributed by atoms with Crippen LogP contribution in [0.25, 0.3) is 11.2 Å². The van der Waals surface area contributed by atoms with Crippen molar-refractivity contribution in [2.24, 2.45) is 0 Å². The zero-order chi connectivity index (χ0) is 15.0. The maximum atomic E-state index is 6.32. The van der Waals surface area contributed by atoms with Crippen LogP contribution in [-0.2, 0) is 0 Å². The molecule has 0 amide bonds. The molecule has 3 rings (SSSR count). The Labute approximate surface area is 132 Å². The highest BCUT2D eigenvalue weighted by atomic mass is 35.5. The van der Waals surface area contributed by atoms with Crippen LogP contribution in [0.4, 0.5) is 0 Å². The number of fused-ring (bicyclic) bond motifs is 1. The average Bonchev–Trinajstić information content (AvgIpc) is 3.13. The quantitative estimate of drug-likeness (QED) is 0.668. The van der Waals surface area contributed by atoms with Gasteiger partial charge in [0.05, 0.1) is 18.5 Å². The third-order valence-corrected chi connectivity index (χ3v) is 4.68. The number of aromatic nitrogens is 3. The number of nitrogens with zero attached hydrogens (tertiary/aromatic N) is 3. The summed E-state index contributed by atoms with van der Waals surface area (Å²) >= 11 is 8.04. The van der Waals surface area contributed by atoms with E-state index >= 15 is 0 Å². The molecule has 4 nitrogen and oxygen atoms in total. The molecule has 0 aliphatic heterocycles. The van der Waals surface area contributed by atoms with Gasteiger partial charge in [-0.2, -0.15) is 4.98 Å². The molecule has 6 heteroatoms. The standard InChI is InChI=1S/C15H16ClN3OS/c1-9(16)14-17-11-6-7-13(20-3)18-15(11)19(14)10(2)12-5-4-8-21-12/h4-10H,1-3H3. The number of methoxy groups -OCH3 is 1. The van der Waals surface area contributed by atoms with Crippen molar-refractivity contribution in [1.82, 2.24) is 14.5 Å². The van der Waals surface area contributed by atoms with Gasteiger partial charge in [-0.15, -0.1) is 22.9 Å². The van der Waals surface area contributed by atoms with E-state index in [1.54, 1.807) is 18.4 Å². The summed E-state index contributed by atoms with van der Waals surface area (Å²) in [7, 11) is 1.61. The van der Waals surface area contributed by atoms with E-state index in [1.165, 1.54) is 4.88 Å². The maximum Gasteiger partial charge on any atom is 0.215 e. The SMILES string of the molecule is COc1ccc2nc(C(C)Cl)n(C(C)c3cccs3)c2n1. The van der Waals surface area contributed by atoms with E-state index < -0.39 is 0 Å². The number of thiophene rings is 1. The number of hydrogen-bond donors (Lipinski definition) is 0. The van der Waals surface area contributed by atoms with Gasteiger partial charge in [0.2, 0.25) is 5.88 Å². The topological polar surface area (TPSA) is 39.9 Å². The number of pyridine rings is 1. The Hall–Kier alpha value is -1.59. The molecule has 2 atom stereocenters. The van der Waals surface area contributed by atoms with E-state index in [4.69, 9.17) is 16.3 Å². The third-order valence-electron chi connectivity index (χ3n) is 3.45. The molecule has 3 aromatic heterocycles. The number of ether oxygens (including phenoxy) is 1. The second kappa shape index (κ2) is 5.66. The van der Waals surface area contributed by atoms with Gasteiger partial charge in [0.15, 0.2) is 5.65 Å². The molecule has 3 heterocycles. The van der Waals surface area contributed by atoms with Crippen molar-refractivity contribution in [2.75, 3.05) is 7.11 Å². The number of rotatable bonds is 4. The minimum absolute atomic E-state index is 0.130. The maximum absolute atomic E-state index is 6.32. The van der Waals surface area contributed by atoms with Crippen molar-refractivity contribution in [3.63, 3.8) is 0 Å². The Morgan fingerprint density at radius 1 is 1.24 bits per heavy atom. The monoisotopic (exact) mass is 321 g/mol. The molecular formula is C15H16ClN3OS. The van der Waals surface area contributed by atoms with Gasteiger partial charge in [0.1, 0.15) is 11.3 Å². The first-order valence-corrected chi connectivity index (χ1v) is 8.03. The fraction of sp³-hybridized carbons (Fsp3) is 0.333. The second-order valence-electron chi connectivity index (χ2n) is 4.84. The van der Waals surface area contributed by atoms with Crippen molar-refractivity contribution in [1.29, 1.82) is 0 Å². The highest BCUT2D eigenvalue weighted by Crippen LogP contribution is 2.32. The molecule has 0 saturated heterocycles. The van der Waals surface area contributed by atoms with Crippen LogP contribution >= 0.6 is 22.9 Å². The Balaban J connectivity index is 2.24.